The highest BCUT2D eigenvalue weighted by Gasteiger charge is 2.12. The number of hydrogen-bond donors (Lipinski definition) is 1. The second-order valence-corrected chi connectivity index (χ2v) is 6.80. The van der Waals surface area contributed by atoms with Gasteiger partial charge in [-0.15, -0.1) is 0 Å². The summed E-state index contributed by atoms with van der Waals surface area (Å²) in [6.45, 7) is 3.49. The molecular weight excluding hydrogens is 364 g/mol. The third kappa shape index (κ3) is 3.92. The lowest BCUT2D eigenvalue weighted by Gasteiger charge is -2.14. The molecule has 0 aliphatic carbocycles. The summed E-state index contributed by atoms with van der Waals surface area (Å²) in [6, 6.07) is 16.7. The van der Waals surface area contributed by atoms with Gasteiger partial charge in [0.2, 0.25) is 0 Å². The number of carbonyl (C=O) groups excluding carboxylic acids is 3. The van der Waals surface area contributed by atoms with Gasteiger partial charge in [0, 0.05) is 5.57 Å². The van der Waals surface area contributed by atoms with E-state index in [2.05, 4.69) is 0 Å². The first kappa shape index (κ1) is 20.0. The van der Waals surface area contributed by atoms with Gasteiger partial charge in [0.15, 0.2) is 6.29 Å². The van der Waals surface area contributed by atoms with E-state index >= 15 is 0 Å². The van der Waals surface area contributed by atoms with Crippen LogP contribution in [-0.2, 0) is 9.59 Å². The Hall–Kier alpha value is -3.79. The zero-order valence-corrected chi connectivity index (χ0v) is 16.2. The van der Waals surface area contributed by atoms with Crippen LogP contribution in [0, 0.1) is 0 Å². The fraction of sp³-hybridized carbons (Fsp3) is 0.0800. The number of aldehydes is 3. The highest BCUT2D eigenvalue weighted by Crippen LogP contribution is 2.36. The van der Waals surface area contributed by atoms with Crippen molar-refractivity contribution < 1.29 is 19.5 Å². The molecule has 3 aromatic rings. The van der Waals surface area contributed by atoms with Gasteiger partial charge < -0.3 is 5.11 Å². The molecule has 0 amide bonds. The predicted octanol–water partition coefficient (Wildman–Crippen LogP) is 5.14. The Bertz CT molecular complexity index is 1180. The van der Waals surface area contributed by atoms with Gasteiger partial charge in [0.1, 0.15) is 18.3 Å². The topological polar surface area (TPSA) is 71.4 Å². The standard InChI is InChI=1S/C25H20O4/c1-16(11-20(14-27)17(2)13-26)22-7-3-5-18-6-4-8-23(25(18)22)19-9-10-24(29)21(12-19)15-28/h3-15,29H,1-2H3. The summed E-state index contributed by atoms with van der Waals surface area (Å²) in [5.74, 6) is -0.0645. The maximum absolute atomic E-state index is 11.4. The van der Waals surface area contributed by atoms with E-state index in [1.54, 1.807) is 25.1 Å². The molecule has 29 heavy (non-hydrogen) atoms. The maximum Gasteiger partial charge on any atom is 0.153 e. The van der Waals surface area contributed by atoms with Crippen LogP contribution in [-0.4, -0.2) is 24.0 Å². The Morgan fingerprint density at radius 3 is 2.28 bits per heavy atom. The minimum Gasteiger partial charge on any atom is -0.507 e. The summed E-state index contributed by atoms with van der Waals surface area (Å²) in [6.07, 6.45) is 3.67. The maximum atomic E-state index is 11.4. The van der Waals surface area contributed by atoms with Gasteiger partial charge in [-0.05, 0) is 70.7 Å². The average Bonchev–Trinajstić information content (AvgIpc) is 2.76. The van der Waals surface area contributed by atoms with Crippen molar-refractivity contribution in [2.45, 2.75) is 13.8 Å². The molecule has 0 spiro atoms. The molecule has 0 unspecified atom stereocenters. The monoisotopic (exact) mass is 384 g/mol. The fourth-order valence-corrected chi connectivity index (χ4v) is 3.35. The lowest BCUT2D eigenvalue weighted by Crippen LogP contribution is -1.92. The fourth-order valence-electron chi connectivity index (χ4n) is 3.35. The van der Waals surface area contributed by atoms with Crippen molar-refractivity contribution >= 4 is 35.2 Å². The van der Waals surface area contributed by atoms with Gasteiger partial charge in [0.25, 0.3) is 0 Å². The summed E-state index contributed by atoms with van der Waals surface area (Å²) in [5.41, 5.74) is 4.37. The first-order valence-corrected chi connectivity index (χ1v) is 9.10. The van der Waals surface area contributed by atoms with Crippen molar-refractivity contribution in [3.05, 3.63) is 82.9 Å². The molecule has 4 heteroatoms. The van der Waals surface area contributed by atoms with Crippen LogP contribution in [0.1, 0.15) is 29.8 Å². The van der Waals surface area contributed by atoms with Crippen LogP contribution in [0.3, 0.4) is 0 Å². The molecule has 0 heterocycles. The average molecular weight is 384 g/mol. The van der Waals surface area contributed by atoms with E-state index in [4.69, 9.17) is 0 Å². The van der Waals surface area contributed by atoms with Crippen LogP contribution in [0.25, 0.3) is 27.5 Å². The quantitative estimate of drug-likeness (QED) is 0.363. The molecule has 0 aliphatic rings. The molecule has 4 nitrogen and oxygen atoms in total. The Morgan fingerprint density at radius 2 is 1.62 bits per heavy atom. The normalized spacial score (nSPS) is 12.4. The van der Waals surface area contributed by atoms with Gasteiger partial charge >= 0.3 is 0 Å². The van der Waals surface area contributed by atoms with Crippen LogP contribution >= 0.6 is 0 Å². The Labute approximate surface area is 168 Å². The summed E-state index contributed by atoms with van der Waals surface area (Å²) in [4.78, 5) is 33.7. The van der Waals surface area contributed by atoms with E-state index < -0.39 is 0 Å². The van der Waals surface area contributed by atoms with E-state index in [-0.39, 0.29) is 11.3 Å². The van der Waals surface area contributed by atoms with E-state index in [9.17, 15) is 19.5 Å². The van der Waals surface area contributed by atoms with Crippen molar-refractivity contribution in [2.24, 2.45) is 0 Å². The van der Waals surface area contributed by atoms with Crippen LogP contribution < -0.4 is 0 Å². The summed E-state index contributed by atoms with van der Waals surface area (Å²) in [7, 11) is 0. The lowest BCUT2D eigenvalue weighted by molar-refractivity contribution is -0.107. The molecule has 0 radical (unpaired) electrons. The molecule has 0 fully saturated rings. The molecule has 0 saturated carbocycles. The molecule has 0 aromatic heterocycles. The van der Waals surface area contributed by atoms with Crippen molar-refractivity contribution in [1.82, 2.24) is 0 Å². The van der Waals surface area contributed by atoms with E-state index in [0.29, 0.717) is 30.0 Å². The predicted molar refractivity (Wildman–Crippen MR) is 115 cm³/mol. The largest absolute Gasteiger partial charge is 0.507 e. The molecule has 0 saturated heterocycles. The van der Waals surface area contributed by atoms with Crippen molar-refractivity contribution in [1.29, 1.82) is 0 Å². The molecule has 1 N–H and O–H groups in total. The number of rotatable bonds is 6. The lowest BCUT2D eigenvalue weighted by atomic mass is 9.90. The third-order valence-corrected chi connectivity index (χ3v) is 4.93. The number of aromatic hydroxyl groups is 1. The molecule has 144 valence electrons. The van der Waals surface area contributed by atoms with Gasteiger partial charge in [-0.3, -0.25) is 14.4 Å². The zero-order chi connectivity index (χ0) is 21.0. The number of benzene rings is 3. The summed E-state index contributed by atoms with van der Waals surface area (Å²) < 4.78 is 0. The van der Waals surface area contributed by atoms with Crippen molar-refractivity contribution in [2.75, 3.05) is 0 Å². The highest BCUT2D eigenvalue weighted by molar-refractivity contribution is 6.05. The first-order valence-electron chi connectivity index (χ1n) is 9.10. The van der Waals surface area contributed by atoms with E-state index in [1.165, 1.54) is 6.07 Å². The molecular formula is C25H20O4. The first-order chi connectivity index (χ1) is 14.0. The molecule has 3 aromatic carbocycles. The smallest absolute Gasteiger partial charge is 0.153 e. The number of fused-ring (bicyclic) bond motifs is 1. The zero-order valence-electron chi connectivity index (χ0n) is 16.2. The molecule has 3 rings (SSSR count). The van der Waals surface area contributed by atoms with Crippen LogP contribution in [0.4, 0.5) is 0 Å². The minimum atomic E-state index is -0.0645. The van der Waals surface area contributed by atoms with E-state index in [1.807, 2.05) is 43.3 Å². The summed E-state index contributed by atoms with van der Waals surface area (Å²) >= 11 is 0. The van der Waals surface area contributed by atoms with Gasteiger partial charge in [0.05, 0.1) is 5.56 Å². The van der Waals surface area contributed by atoms with Crippen LogP contribution in [0.2, 0.25) is 0 Å². The number of phenolic OH excluding ortho intramolecular Hbond substituents is 1. The minimum absolute atomic E-state index is 0.0645. The van der Waals surface area contributed by atoms with Crippen LogP contribution in [0.5, 0.6) is 5.75 Å². The van der Waals surface area contributed by atoms with Crippen molar-refractivity contribution in [3.63, 3.8) is 0 Å². The number of hydrogen-bond acceptors (Lipinski definition) is 4. The van der Waals surface area contributed by atoms with Crippen LogP contribution in [0.15, 0.2) is 71.8 Å². The number of phenols is 1. The number of carbonyl (C=O) groups is 3. The second kappa shape index (κ2) is 8.48. The van der Waals surface area contributed by atoms with Gasteiger partial charge in [-0.25, -0.2) is 0 Å². The Kier molecular flexibility index (Phi) is 5.84. The molecule has 0 bridgehead atoms. The molecule has 0 atom stereocenters. The van der Waals surface area contributed by atoms with E-state index in [0.717, 1.165) is 33.0 Å². The SMILES string of the molecule is CC(=CC(C=O)=C(C)C=O)c1cccc2cccc(-c3ccc(O)c(C=O)c3)c12. The highest BCUT2D eigenvalue weighted by atomic mass is 16.3. The van der Waals surface area contributed by atoms with Crippen molar-refractivity contribution in [3.8, 4) is 16.9 Å². The number of allylic oxidation sites excluding steroid dienone is 4. The summed E-state index contributed by atoms with van der Waals surface area (Å²) in [5, 5.41) is 11.8. The Morgan fingerprint density at radius 1 is 0.897 bits per heavy atom. The molecule has 0 aliphatic heterocycles. The van der Waals surface area contributed by atoms with Gasteiger partial charge in [-0.2, -0.15) is 0 Å². The van der Waals surface area contributed by atoms with Gasteiger partial charge in [-0.1, -0.05) is 42.5 Å². The third-order valence-electron chi connectivity index (χ3n) is 4.93. The second-order valence-electron chi connectivity index (χ2n) is 6.80. The Balaban J connectivity index is 2.30.